The predicted octanol–water partition coefficient (Wildman–Crippen LogP) is 2.96. The van der Waals surface area contributed by atoms with E-state index >= 15 is 0 Å². The molecule has 0 bridgehead atoms. The van der Waals surface area contributed by atoms with Crippen LogP contribution in [-0.2, 0) is 24.3 Å². The SMILES string of the molecule is O=C(Cn1[nH]c(=O)c2ccccc2c1=O)N(CCc1ccccc1)Cc1ccccc1. The van der Waals surface area contributed by atoms with Crippen LogP contribution in [0.2, 0.25) is 0 Å². The van der Waals surface area contributed by atoms with Gasteiger partial charge in [-0.2, -0.15) is 0 Å². The van der Waals surface area contributed by atoms with E-state index in [1.807, 2.05) is 60.7 Å². The molecule has 4 aromatic rings. The summed E-state index contributed by atoms with van der Waals surface area (Å²) in [4.78, 5) is 40.1. The Balaban J connectivity index is 1.59. The van der Waals surface area contributed by atoms with Crippen LogP contribution >= 0.6 is 0 Å². The highest BCUT2D eigenvalue weighted by Crippen LogP contribution is 2.09. The van der Waals surface area contributed by atoms with Crippen LogP contribution in [0.4, 0.5) is 0 Å². The zero-order valence-corrected chi connectivity index (χ0v) is 17.0. The van der Waals surface area contributed by atoms with Gasteiger partial charge in [0.05, 0.1) is 10.8 Å². The number of aromatic amines is 1. The van der Waals surface area contributed by atoms with E-state index in [0.717, 1.165) is 15.8 Å². The molecule has 1 N–H and O–H groups in total. The van der Waals surface area contributed by atoms with Crippen LogP contribution in [0.15, 0.2) is 94.5 Å². The number of carbonyl (C=O) groups excluding carboxylic acids is 1. The summed E-state index contributed by atoms with van der Waals surface area (Å²) in [6.07, 6.45) is 0.697. The minimum Gasteiger partial charge on any atom is -0.336 e. The number of hydrogen-bond donors (Lipinski definition) is 1. The van der Waals surface area contributed by atoms with E-state index in [1.54, 1.807) is 29.2 Å². The molecule has 0 saturated carbocycles. The average molecular weight is 413 g/mol. The first kappa shape index (κ1) is 20.3. The molecule has 0 fully saturated rings. The first-order chi connectivity index (χ1) is 15.1. The molecule has 0 spiro atoms. The number of H-pyrrole nitrogens is 1. The molecule has 0 atom stereocenters. The Kier molecular flexibility index (Phi) is 6.08. The number of rotatable bonds is 7. The summed E-state index contributed by atoms with van der Waals surface area (Å²) in [5, 5.41) is 3.17. The van der Waals surface area contributed by atoms with Crippen molar-refractivity contribution in [3.8, 4) is 0 Å². The molecular weight excluding hydrogens is 390 g/mol. The highest BCUT2D eigenvalue weighted by atomic mass is 16.2. The second kappa shape index (κ2) is 9.26. The van der Waals surface area contributed by atoms with Crippen molar-refractivity contribution in [2.75, 3.05) is 6.54 Å². The number of carbonyl (C=O) groups is 1. The topological polar surface area (TPSA) is 75.2 Å². The molecule has 0 unspecified atom stereocenters. The van der Waals surface area contributed by atoms with Crippen molar-refractivity contribution in [2.45, 2.75) is 19.5 Å². The fourth-order valence-corrected chi connectivity index (χ4v) is 3.60. The Bertz CT molecular complexity index is 1290. The summed E-state index contributed by atoms with van der Waals surface area (Å²) in [5.41, 5.74) is 1.36. The lowest BCUT2D eigenvalue weighted by atomic mass is 10.1. The molecule has 156 valence electrons. The van der Waals surface area contributed by atoms with E-state index < -0.39 is 0 Å². The maximum atomic E-state index is 13.2. The molecule has 31 heavy (non-hydrogen) atoms. The summed E-state index contributed by atoms with van der Waals surface area (Å²) in [6, 6.07) is 26.3. The highest BCUT2D eigenvalue weighted by Gasteiger charge is 2.17. The summed E-state index contributed by atoms with van der Waals surface area (Å²) < 4.78 is 1.10. The van der Waals surface area contributed by atoms with Crippen molar-refractivity contribution in [1.82, 2.24) is 14.7 Å². The number of nitrogens with zero attached hydrogens (tertiary/aromatic N) is 2. The van der Waals surface area contributed by atoms with Crippen molar-refractivity contribution in [3.63, 3.8) is 0 Å². The Morgan fingerprint density at radius 2 is 1.35 bits per heavy atom. The Morgan fingerprint density at radius 1 is 0.774 bits per heavy atom. The third kappa shape index (κ3) is 4.80. The first-order valence-electron chi connectivity index (χ1n) is 10.2. The van der Waals surface area contributed by atoms with E-state index in [-0.39, 0.29) is 23.6 Å². The van der Waals surface area contributed by atoms with Crippen LogP contribution in [0.25, 0.3) is 10.8 Å². The van der Waals surface area contributed by atoms with Crippen molar-refractivity contribution in [3.05, 3.63) is 117 Å². The lowest BCUT2D eigenvalue weighted by molar-refractivity contribution is -0.132. The third-order valence-electron chi connectivity index (χ3n) is 5.26. The second-order valence-electron chi connectivity index (χ2n) is 7.41. The van der Waals surface area contributed by atoms with Crippen molar-refractivity contribution >= 4 is 16.7 Å². The Morgan fingerprint density at radius 3 is 2.03 bits per heavy atom. The number of nitrogens with one attached hydrogen (secondary N) is 1. The molecule has 0 aliphatic rings. The average Bonchev–Trinajstić information content (AvgIpc) is 2.81. The van der Waals surface area contributed by atoms with Crippen molar-refractivity contribution in [2.24, 2.45) is 0 Å². The number of benzene rings is 3. The minimum absolute atomic E-state index is 0.222. The van der Waals surface area contributed by atoms with Gasteiger partial charge in [-0.05, 0) is 29.7 Å². The standard InChI is InChI=1S/C25H23N3O3/c29-23(18-28-25(31)22-14-8-7-13-21(22)24(30)26-28)27(17-20-11-5-2-6-12-20)16-15-19-9-3-1-4-10-19/h1-14H,15-18H2,(H,26,30). The summed E-state index contributed by atoms with van der Waals surface area (Å²) >= 11 is 0. The van der Waals surface area contributed by atoms with Gasteiger partial charge in [0.25, 0.3) is 11.1 Å². The van der Waals surface area contributed by atoms with Gasteiger partial charge in [0, 0.05) is 13.1 Å². The highest BCUT2D eigenvalue weighted by molar-refractivity contribution is 5.81. The van der Waals surface area contributed by atoms with Gasteiger partial charge in [-0.25, -0.2) is 4.68 Å². The maximum Gasteiger partial charge on any atom is 0.273 e. The van der Waals surface area contributed by atoms with Crippen LogP contribution in [-0.4, -0.2) is 27.1 Å². The van der Waals surface area contributed by atoms with Crippen LogP contribution in [0.1, 0.15) is 11.1 Å². The van der Waals surface area contributed by atoms with E-state index in [1.165, 1.54) is 0 Å². The van der Waals surface area contributed by atoms with E-state index in [2.05, 4.69) is 5.10 Å². The smallest absolute Gasteiger partial charge is 0.273 e. The van der Waals surface area contributed by atoms with Crippen LogP contribution in [0.3, 0.4) is 0 Å². The van der Waals surface area contributed by atoms with E-state index in [4.69, 9.17) is 0 Å². The number of fused-ring (bicyclic) bond motifs is 1. The molecular formula is C25H23N3O3. The first-order valence-corrected chi connectivity index (χ1v) is 10.2. The summed E-state index contributed by atoms with van der Waals surface area (Å²) in [6.45, 7) is 0.712. The molecule has 0 radical (unpaired) electrons. The van der Waals surface area contributed by atoms with Gasteiger partial charge in [-0.3, -0.25) is 19.5 Å². The monoisotopic (exact) mass is 413 g/mol. The van der Waals surface area contributed by atoms with Crippen molar-refractivity contribution in [1.29, 1.82) is 0 Å². The van der Waals surface area contributed by atoms with Gasteiger partial charge in [0.1, 0.15) is 6.54 Å². The van der Waals surface area contributed by atoms with Gasteiger partial charge in [0.2, 0.25) is 5.91 Å². The van der Waals surface area contributed by atoms with Gasteiger partial charge in [-0.1, -0.05) is 72.8 Å². The molecule has 1 amide bonds. The largest absolute Gasteiger partial charge is 0.336 e. The van der Waals surface area contributed by atoms with Gasteiger partial charge >= 0.3 is 0 Å². The molecule has 1 aromatic heterocycles. The van der Waals surface area contributed by atoms with Crippen LogP contribution in [0, 0.1) is 0 Å². The summed E-state index contributed by atoms with van der Waals surface area (Å²) in [7, 11) is 0. The predicted molar refractivity (Wildman–Crippen MR) is 121 cm³/mol. The molecule has 3 aromatic carbocycles. The second-order valence-corrected chi connectivity index (χ2v) is 7.41. The number of amides is 1. The molecule has 0 aliphatic carbocycles. The normalized spacial score (nSPS) is 10.8. The van der Waals surface area contributed by atoms with Crippen LogP contribution in [0.5, 0.6) is 0 Å². The lowest BCUT2D eigenvalue weighted by Gasteiger charge is -2.23. The van der Waals surface area contributed by atoms with E-state index in [0.29, 0.717) is 30.3 Å². The Hall–Kier alpha value is -3.93. The fourth-order valence-electron chi connectivity index (χ4n) is 3.60. The summed E-state index contributed by atoms with van der Waals surface area (Å²) in [5.74, 6) is -0.229. The van der Waals surface area contributed by atoms with Crippen molar-refractivity contribution < 1.29 is 4.79 Å². The number of aromatic nitrogens is 2. The molecule has 1 heterocycles. The molecule has 6 heteroatoms. The third-order valence-corrected chi connectivity index (χ3v) is 5.26. The Labute approximate surface area is 179 Å². The molecule has 6 nitrogen and oxygen atoms in total. The zero-order valence-electron chi connectivity index (χ0n) is 17.0. The molecule has 0 saturated heterocycles. The van der Waals surface area contributed by atoms with E-state index in [9.17, 15) is 14.4 Å². The lowest BCUT2D eigenvalue weighted by Crippen LogP contribution is -2.39. The van der Waals surface area contributed by atoms with Gasteiger partial charge in [0.15, 0.2) is 0 Å². The minimum atomic E-state index is -0.387. The van der Waals surface area contributed by atoms with Crippen LogP contribution < -0.4 is 11.1 Å². The van der Waals surface area contributed by atoms with Gasteiger partial charge in [-0.15, -0.1) is 0 Å². The maximum absolute atomic E-state index is 13.2. The number of hydrogen-bond acceptors (Lipinski definition) is 3. The van der Waals surface area contributed by atoms with Gasteiger partial charge < -0.3 is 4.90 Å². The fraction of sp³-hybridized carbons (Fsp3) is 0.160. The quantitative estimate of drug-likeness (QED) is 0.506. The zero-order chi connectivity index (χ0) is 21.6. The molecule has 0 aliphatic heterocycles. The molecule has 4 rings (SSSR count).